The number of rotatable bonds is 8. The normalized spacial score (nSPS) is 23.0. The van der Waals surface area contributed by atoms with E-state index in [2.05, 4.69) is 17.6 Å². The molecule has 3 rings (SSSR count). The Morgan fingerprint density at radius 1 is 1.12 bits per heavy atom. The summed E-state index contributed by atoms with van der Waals surface area (Å²) in [4.78, 5) is 19.3. The van der Waals surface area contributed by atoms with Crippen molar-refractivity contribution < 1.29 is 4.79 Å². The molecule has 5 nitrogen and oxygen atoms in total. The molecule has 25 heavy (non-hydrogen) atoms. The predicted octanol–water partition coefficient (Wildman–Crippen LogP) is 2.63. The van der Waals surface area contributed by atoms with E-state index in [1.165, 1.54) is 25.7 Å². The molecule has 0 aromatic carbocycles. The Balaban J connectivity index is 1.61. The number of carbonyl (C=O) groups excluding carboxylic acids is 1. The topological polar surface area (TPSA) is 56.7 Å². The van der Waals surface area contributed by atoms with Crippen LogP contribution in [0.2, 0.25) is 0 Å². The number of aliphatic imine (C=N–C) groups is 1. The van der Waals surface area contributed by atoms with Crippen molar-refractivity contribution in [1.82, 2.24) is 15.5 Å². The van der Waals surface area contributed by atoms with Crippen molar-refractivity contribution >= 4 is 11.9 Å². The van der Waals surface area contributed by atoms with E-state index in [0.717, 1.165) is 62.5 Å². The third kappa shape index (κ3) is 4.68. The molecule has 142 valence electrons. The Kier molecular flexibility index (Phi) is 5.90. The molecule has 0 radical (unpaired) electrons. The van der Waals surface area contributed by atoms with Crippen LogP contribution in [0.25, 0.3) is 0 Å². The summed E-state index contributed by atoms with van der Waals surface area (Å²) >= 11 is 0. The van der Waals surface area contributed by atoms with Crippen molar-refractivity contribution in [3.63, 3.8) is 0 Å². The Hall–Kier alpha value is -1.26. The average Bonchev–Trinajstić information content (AvgIpc) is 3.53. The molecule has 3 saturated carbocycles. The van der Waals surface area contributed by atoms with Crippen LogP contribution in [0.5, 0.6) is 0 Å². The van der Waals surface area contributed by atoms with E-state index >= 15 is 0 Å². The minimum absolute atomic E-state index is 0.249. The second-order valence-corrected chi connectivity index (χ2v) is 8.60. The van der Waals surface area contributed by atoms with Crippen LogP contribution < -0.4 is 10.6 Å². The maximum atomic E-state index is 12.7. The molecule has 0 aromatic heterocycles. The lowest BCUT2D eigenvalue weighted by Crippen LogP contribution is -2.44. The zero-order chi connectivity index (χ0) is 17.9. The zero-order valence-corrected chi connectivity index (χ0v) is 16.3. The van der Waals surface area contributed by atoms with Crippen LogP contribution in [0.3, 0.4) is 0 Å². The number of carbonyl (C=O) groups is 1. The smallest absolute Gasteiger partial charge is 0.230 e. The molecule has 2 N–H and O–H groups in total. The lowest BCUT2D eigenvalue weighted by molar-refractivity contribution is -0.138. The number of hydrogen-bond acceptors (Lipinski definition) is 2. The second kappa shape index (κ2) is 7.96. The average molecular weight is 349 g/mol. The number of guanidine groups is 1. The summed E-state index contributed by atoms with van der Waals surface area (Å²) in [6.45, 7) is 4.61. The molecule has 5 heteroatoms. The van der Waals surface area contributed by atoms with Gasteiger partial charge in [-0.25, -0.2) is 0 Å². The highest BCUT2D eigenvalue weighted by Gasteiger charge is 2.43. The van der Waals surface area contributed by atoms with Gasteiger partial charge in [-0.2, -0.15) is 0 Å². The molecule has 3 fully saturated rings. The molecule has 0 saturated heterocycles. The highest BCUT2D eigenvalue weighted by atomic mass is 16.2. The Morgan fingerprint density at radius 3 is 2.20 bits per heavy atom. The van der Waals surface area contributed by atoms with E-state index in [9.17, 15) is 4.79 Å². The van der Waals surface area contributed by atoms with E-state index in [-0.39, 0.29) is 11.3 Å². The van der Waals surface area contributed by atoms with Gasteiger partial charge < -0.3 is 15.5 Å². The summed E-state index contributed by atoms with van der Waals surface area (Å²) in [6.07, 6.45) is 9.89. The predicted molar refractivity (Wildman–Crippen MR) is 103 cm³/mol. The van der Waals surface area contributed by atoms with Gasteiger partial charge in [0.15, 0.2) is 5.96 Å². The Morgan fingerprint density at radius 2 is 1.72 bits per heavy atom. The van der Waals surface area contributed by atoms with E-state index < -0.39 is 0 Å². The van der Waals surface area contributed by atoms with Gasteiger partial charge in [-0.05, 0) is 63.2 Å². The van der Waals surface area contributed by atoms with E-state index in [1.807, 2.05) is 14.1 Å². The molecular formula is C20H36N4O. The quantitative estimate of drug-likeness (QED) is 0.524. The van der Waals surface area contributed by atoms with Crippen molar-refractivity contribution in [2.75, 3.05) is 33.7 Å². The van der Waals surface area contributed by atoms with Crippen LogP contribution in [-0.2, 0) is 4.79 Å². The molecule has 0 aliphatic heterocycles. The first kappa shape index (κ1) is 18.5. The lowest BCUT2D eigenvalue weighted by Gasteiger charge is -2.29. The third-order valence-electron chi connectivity index (χ3n) is 6.26. The number of hydrogen-bond donors (Lipinski definition) is 2. The molecule has 0 spiro atoms. The molecule has 0 unspecified atom stereocenters. The highest BCUT2D eigenvalue weighted by molar-refractivity contribution is 5.84. The van der Waals surface area contributed by atoms with Gasteiger partial charge in [-0.15, -0.1) is 0 Å². The minimum Gasteiger partial charge on any atom is -0.357 e. The Bertz CT molecular complexity index is 476. The van der Waals surface area contributed by atoms with Gasteiger partial charge in [-0.3, -0.25) is 9.79 Å². The molecule has 0 aromatic rings. The first-order valence-electron chi connectivity index (χ1n) is 10.3. The fraction of sp³-hybridized carbons (Fsp3) is 0.900. The molecule has 3 aliphatic rings. The molecule has 0 heterocycles. The fourth-order valence-electron chi connectivity index (χ4n) is 4.52. The summed E-state index contributed by atoms with van der Waals surface area (Å²) < 4.78 is 0. The summed E-state index contributed by atoms with van der Waals surface area (Å²) in [7, 11) is 3.73. The van der Waals surface area contributed by atoms with Crippen LogP contribution in [-0.4, -0.2) is 50.5 Å². The van der Waals surface area contributed by atoms with Crippen LogP contribution in [0.1, 0.15) is 58.3 Å². The molecule has 3 aliphatic carbocycles. The summed E-state index contributed by atoms with van der Waals surface area (Å²) in [5.41, 5.74) is -0.280. The van der Waals surface area contributed by atoms with Gasteiger partial charge >= 0.3 is 0 Å². The van der Waals surface area contributed by atoms with Crippen molar-refractivity contribution in [3.8, 4) is 0 Å². The second-order valence-electron chi connectivity index (χ2n) is 8.60. The van der Waals surface area contributed by atoms with E-state index in [4.69, 9.17) is 4.99 Å². The summed E-state index contributed by atoms with van der Waals surface area (Å²) in [5.74, 6) is 3.86. The van der Waals surface area contributed by atoms with Crippen LogP contribution in [0, 0.1) is 23.2 Å². The lowest BCUT2D eigenvalue weighted by atomic mass is 9.85. The van der Waals surface area contributed by atoms with E-state index in [1.54, 1.807) is 4.90 Å². The van der Waals surface area contributed by atoms with Gasteiger partial charge in [0.2, 0.25) is 5.91 Å². The maximum Gasteiger partial charge on any atom is 0.230 e. The monoisotopic (exact) mass is 348 g/mol. The number of nitrogens with one attached hydrogen (secondary N) is 2. The van der Waals surface area contributed by atoms with E-state index in [0.29, 0.717) is 6.54 Å². The molecule has 0 atom stereocenters. The van der Waals surface area contributed by atoms with Crippen LogP contribution >= 0.6 is 0 Å². The molecule has 0 bridgehead atoms. The van der Waals surface area contributed by atoms with Crippen molar-refractivity contribution in [2.24, 2.45) is 28.2 Å². The minimum atomic E-state index is -0.280. The third-order valence-corrected chi connectivity index (χ3v) is 6.26. The van der Waals surface area contributed by atoms with Gasteiger partial charge in [0, 0.05) is 27.2 Å². The van der Waals surface area contributed by atoms with Gasteiger partial charge in [0.05, 0.1) is 12.0 Å². The van der Waals surface area contributed by atoms with Gasteiger partial charge in [0.1, 0.15) is 0 Å². The first-order chi connectivity index (χ1) is 12.1. The van der Waals surface area contributed by atoms with Crippen molar-refractivity contribution in [2.45, 2.75) is 58.3 Å². The molecular weight excluding hydrogens is 312 g/mol. The summed E-state index contributed by atoms with van der Waals surface area (Å²) in [6, 6.07) is 0. The van der Waals surface area contributed by atoms with Crippen molar-refractivity contribution in [1.29, 1.82) is 0 Å². The van der Waals surface area contributed by atoms with Gasteiger partial charge in [0.25, 0.3) is 0 Å². The van der Waals surface area contributed by atoms with Crippen molar-refractivity contribution in [3.05, 3.63) is 0 Å². The largest absolute Gasteiger partial charge is 0.357 e. The number of amides is 1. The Labute approximate surface area is 153 Å². The molecule has 1 amide bonds. The standard InChI is InChI=1S/C20H36N4O/c1-4-21-19(22-13-17(15-7-8-15)16-9-10-16)23-14-20(11-5-6-12-20)18(25)24(2)3/h15-17H,4-14H2,1-3H3,(H2,21,22,23). The first-order valence-corrected chi connectivity index (χ1v) is 10.3. The SMILES string of the molecule is CCNC(=NCC1(C(=O)N(C)C)CCCC1)NCC(C1CC1)C1CC1. The fourth-order valence-corrected chi connectivity index (χ4v) is 4.52. The summed E-state index contributed by atoms with van der Waals surface area (Å²) in [5, 5.41) is 6.97. The maximum absolute atomic E-state index is 12.7. The van der Waals surface area contributed by atoms with Crippen LogP contribution in [0.15, 0.2) is 4.99 Å². The number of nitrogens with zero attached hydrogens (tertiary/aromatic N) is 2. The van der Waals surface area contributed by atoms with Crippen LogP contribution in [0.4, 0.5) is 0 Å². The highest BCUT2D eigenvalue weighted by Crippen LogP contribution is 2.48. The van der Waals surface area contributed by atoms with Gasteiger partial charge in [-0.1, -0.05) is 12.8 Å². The zero-order valence-electron chi connectivity index (χ0n) is 16.3.